The molecule has 2 aliphatic heterocycles. The topological polar surface area (TPSA) is 92.1 Å². The zero-order chi connectivity index (χ0) is 23.0. The number of piperidine rings is 1. The smallest absolute Gasteiger partial charge is 0.243 e. The van der Waals surface area contributed by atoms with Gasteiger partial charge < -0.3 is 15.1 Å². The number of aryl methyl sites for hydroxylation is 3. The summed E-state index contributed by atoms with van der Waals surface area (Å²) in [5, 5.41) is 12.7. The first-order valence-corrected chi connectivity index (χ1v) is 11.5. The molecule has 3 aromatic rings. The molecule has 9 heteroatoms. The van der Waals surface area contributed by atoms with Gasteiger partial charge in [-0.05, 0) is 32.8 Å². The Labute approximate surface area is 193 Å². The van der Waals surface area contributed by atoms with E-state index in [1.165, 1.54) is 0 Å². The number of rotatable bonds is 4. The first kappa shape index (κ1) is 21.5. The van der Waals surface area contributed by atoms with Crippen molar-refractivity contribution in [3.63, 3.8) is 0 Å². The maximum atomic E-state index is 13.7. The van der Waals surface area contributed by atoms with E-state index in [4.69, 9.17) is 0 Å². The molecule has 1 spiro atoms. The molecule has 2 aliphatic rings. The van der Waals surface area contributed by atoms with Crippen LogP contribution in [0.5, 0.6) is 0 Å². The van der Waals surface area contributed by atoms with Crippen LogP contribution in [0.3, 0.4) is 0 Å². The van der Waals surface area contributed by atoms with Gasteiger partial charge in [-0.2, -0.15) is 15.0 Å². The standard InChI is InChI=1S/C24H30N8O/c1-17-15-18(2)27-23(26-17)31-12-9-24(10-13-31)22(33)32(14-11-25-24)16-20-21(29-30(3)28-20)19-7-5-4-6-8-19/h4-8,15,25H,9-14,16H2,1-3H3. The Morgan fingerprint density at radius 2 is 1.70 bits per heavy atom. The number of piperazine rings is 1. The third-order valence-electron chi connectivity index (χ3n) is 6.58. The van der Waals surface area contributed by atoms with Crippen LogP contribution in [0, 0.1) is 13.8 Å². The van der Waals surface area contributed by atoms with E-state index in [2.05, 4.69) is 30.4 Å². The summed E-state index contributed by atoms with van der Waals surface area (Å²) >= 11 is 0. The number of hydrogen-bond acceptors (Lipinski definition) is 7. The van der Waals surface area contributed by atoms with Crippen molar-refractivity contribution >= 4 is 11.9 Å². The zero-order valence-corrected chi connectivity index (χ0v) is 19.5. The number of carbonyl (C=O) groups is 1. The molecule has 1 aromatic carbocycles. The van der Waals surface area contributed by atoms with Gasteiger partial charge in [0.25, 0.3) is 0 Å². The molecule has 0 aliphatic carbocycles. The quantitative estimate of drug-likeness (QED) is 0.654. The summed E-state index contributed by atoms with van der Waals surface area (Å²) in [6.07, 6.45) is 1.45. The second-order valence-corrected chi connectivity index (χ2v) is 9.02. The average molecular weight is 447 g/mol. The molecule has 5 rings (SSSR count). The Hall–Kier alpha value is -3.33. The van der Waals surface area contributed by atoms with Gasteiger partial charge in [0.05, 0.1) is 6.54 Å². The van der Waals surface area contributed by atoms with Gasteiger partial charge in [0, 0.05) is 50.2 Å². The number of nitrogens with zero attached hydrogens (tertiary/aromatic N) is 7. The lowest BCUT2D eigenvalue weighted by Crippen LogP contribution is -2.67. The van der Waals surface area contributed by atoms with Gasteiger partial charge in [-0.3, -0.25) is 4.79 Å². The molecule has 2 fully saturated rings. The van der Waals surface area contributed by atoms with Crippen molar-refractivity contribution < 1.29 is 4.79 Å². The maximum absolute atomic E-state index is 13.7. The maximum Gasteiger partial charge on any atom is 0.243 e. The van der Waals surface area contributed by atoms with E-state index >= 15 is 0 Å². The van der Waals surface area contributed by atoms with E-state index in [9.17, 15) is 4.79 Å². The van der Waals surface area contributed by atoms with Crippen molar-refractivity contribution in [2.45, 2.75) is 38.8 Å². The Balaban J connectivity index is 1.32. The van der Waals surface area contributed by atoms with E-state index in [0.29, 0.717) is 13.1 Å². The second-order valence-electron chi connectivity index (χ2n) is 9.02. The number of amides is 1. The van der Waals surface area contributed by atoms with Crippen LogP contribution in [0.4, 0.5) is 5.95 Å². The van der Waals surface area contributed by atoms with Crippen molar-refractivity contribution in [2.75, 3.05) is 31.1 Å². The third-order valence-corrected chi connectivity index (χ3v) is 6.58. The SMILES string of the molecule is Cc1cc(C)nc(N2CCC3(CC2)NCCN(Cc2nn(C)nc2-c2ccccc2)C3=O)n1. The number of benzene rings is 1. The molecule has 1 amide bonds. The van der Waals surface area contributed by atoms with Crippen LogP contribution in [0.1, 0.15) is 29.9 Å². The fourth-order valence-corrected chi connectivity index (χ4v) is 4.94. The molecule has 4 heterocycles. The van der Waals surface area contributed by atoms with E-state index in [1.807, 2.05) is 62.2 Å². The van der Waals surface area contributed by atoms with Gasteiger partial charge >= 0.3 is 0 Å². The van der Waals surface area contributed by atoms with Crippen molar-refractivity contribution in [3.8, 4) is 11.3 Å². The highest BCUT2D eigenvalue weighted by atomic mass is 16.2. The lowest BCUT2D eigenvalue weighted by atomic mass is 9.84. The van der Waals surface area contributed by atoms with Crippen LogP contribution in [0.25, 0.3) is 11.3 Å². The van der Waals surface area contributed by atoms with E-state index < -0.39 is 5.54 Å². The van der Waals surface area contributed by atoms with Gasteiger partial charge in [-0.1, -0.05) is 30.3 Å². The second kappa shape index (κ2) is 8.55. The van der Waals surface area contributed by atoms with E-state index in [1.54, 1.807) is 4.80 Å². The molecule has 1 N–H and O–H groups in total. The first-order chi connectivity index (χ1) is 15.9. The summed E-state index contributed by atoms with van der Waals surface area (Å²) in [5.41, 5.74) is 4.07. The lowest BCUT2D eigenvalue weighted by molar-refractivity contribution is -0.143. The zero-order valence-electron chi connectivity index (χ0n) is 19.5. The van der Waals surface area contributed by atoms with Crippen molar-refractivity contribution in [3.05, 3.63) is 53.5 Å². The van der Waals surface area contributed by atoms with Crippen LogP contribution in [-0.2, 0) is 18.4 Å². The largest absolute Gasteiger partial charge is 0.341 e. The van der Waals surface area contributed by atoms with Crippen LogP contribution < -0.4 is 10.2 Å². The molecular weight excluding hydrogens is 416 g/mol. The molecule has 0 saturated carbocycles. The molecule has 172 valence electrons. The van der Waals surface area contributed by atoms with Crippen molar-refractivity contribution in [1.82, 2.24) is 35.2 Å². The molecular formula is C24H30N8O. The molecule has 2 aromatic heterocycles. The van der Waals surface area contributed by atoms with E-state index in [0.717, 1.165) is 66.8 Å². The fraction of sp³-hybridized carbons (Fsp3) is 0.458. The molecule has 2 saturated heterocycles. The van der Waals surface area contributed by atoms with E-state index in [-0.39, 0.29) is 5.91 Å². The average Bonchev–Trinajstić information content (AvgIpc) is 3.17. The Bertz CT molecular complexity index is 1130. The molecule has 0 bridgehead atoms. The monoisotopic (exact) mass is 446 g/mol. The number of nitrogens with one attached hydrogen (secondary N) is 1. The minimum atomic E-state index is -0.539. The molecule has 9 nitrogen and oxygen atoms in total. The highest BCUT2D eigenvalue weighted by Crippen LogP contribution is 2.30. The van der Waals surface area contributed by atoms with Gasteiger partial charge in [-0.25, -0.2) is 9.97 Å². The summed E-state index contributed by atoms with van der Waals surface area (Å²) < 4.78 is 0. The van der Waals surface area contributed by atoms with Gasteiger partial charge in [0.2, 0.25) is 11.9 Å². The van der Waals surface area contributed by atoms with Gasteiger partial charge in [0.15, 0.2) is 0 Å². The Morgan fingerprint density at radius 1 is 1.00 bits per heavy atom. The van der Waals surface area contributed by atoms with Crippen molar-refractivity contribution in [1.29, 1.82) is 0 Å². The summed E-state index contributed by atoms with van der Waals surface area (Å²) in [6, 6.07) is 12.0. The Morgan fingerprint density at radius 3 is 2.39 bits per heavy atom. The predicted molar refractivity (Wildman–Crippen MR) is 126 cm³/mol. The minimum Gasteiger partial charge on any atom is -0.341 e. The lowest BCUT2D eigenvalue weighted by Gasteiger charge is -2.46. The molecule has 0 unspecified atom stereocenters. The van der Waals surface area contributed by atoms with Gasteiger partial charge in [-0.15, -0.1) is 0 Å². The summed E-state index contributed by atoms with van der Waals surface area (Å²) in [4.78, 5) is 28.6. The number of carbonyl (C=O) groups excluding carboxylic acids is 1. The fourth-order valence-electron chi connectivity index (χ4n) is 4.94. The third kappa shape index (κ3) is 4.20. The van der Waals surface area contributed by atoms with Gasteiger partial charge in [0.1, 0.15) is 16.9 Å². The predicted octanol–water partition coefficient (Wildman–Crippen LogP) is 1.86. The summed E-state index contributed by atoms with van der Waals surface area (Å²) in [6.45, 7) is 7.37. The number of anilines is 1. The number of hydrogen-bond donors (Lipinski definition) is 1. The van der Waals surface area contributed by atoms with Crippen LogP contribution in [-0.4, -0.2) is 67.5 Å². The number of aromatic nitrogens is 5. The first-order valence-electron chi connectivity index (χ1n) is 11.5. The minimum absolute atomic E-state index is 0.152. The molecule has 0 atom stereocenters. The summed E-state index contributed by atoms with van der Waals surface area (Å²) in [7, 11) is 1.82. The van der Waals surface area contributed by atoms with Crippen molar-refractivity contribution in [2.24, 2.45) is 7.05 Å². The van der Waals surface area contributed by atoms with Crippen LogP contribution >= 0.6 is 0 Å². The highest BCUT2D eigenvalue weighted by Gasteiger charge is 2.46. The normalized spacial score (nSPS) is 18.2. The molecule has 33 heavy (non-hydrogen) atoms. The van der Waals surface area contributed by atoms with Crippen LogP contribution in [0.15, 0.2) is 36.4 Å². The molecule has 0 radical (unpaired) electrons. The Kier molecular flexibility index (Phi) is 5.57. The highest BCUT2D eigenvalue weighted by molar-refractivity contribution is 5.87. The van der Waals surface area contributed by atoms with Crippen LogP contribution in [0.2, 0.25) is 0 Å². The summed E-state index contributed by atoms with van der Waals surface area (Å²) in [5.74, 6) is 0.911.